The van der Waals surface area contributed by atoms with E-state index in [0.717, 1.165) is 39.9 Å². The van der Waals surface area contributed by atoms with E-state index in [2.05, 4.69) is 15.4 Å². The molecule has 0 aliphatic heterocycles. The first-order valence-electron chi connectivity index (χ1n) is 13.2. The molecule has 1 N–H and O–H groups in total. The van der Waals surface area contributed by atoms with E-state index in [1.807, 2.05) is 22.9 Å². The average molecular weight is 618 g/mol. The monoisotopic (exact) mass is 617 g/mol. The van der Waals surface area contributed by atoms with Crippen molar-refractivity contribution < 1.29 is 26.7 Å². The van der Waals surface area contributed by atoms with Crippen molar-refractivity contribution in [3.8, 4) is 5.75 Å². The number of carbonyl (C=O) groups is 1. The van der Waals surface area contributed by atoms with Crippen molar-refractivity contribution in [1.82, 2.24) is 19.7 Å². The summed E-state index contributed by atoms with van der Waals surface area (Å²) in [6.07, 6.45) is 5.92. The molecule has 5 aromatic rings. The first kappa shape index (κ1) is 28.5. The maximum Gasteiger partial charge on any atom is 0.343 e. The molecule has 2 heterocycles. The molecule has 0 saturated carbocycles. The summed E-state index contributed by atoms with van der Waals surface area (Å²) in [5.74, 6) is -0.279. The van der Waals surface area contributed by atoms with Crippen LogP contribution in [0.2, 0.25) is 0 Å². The summed E-state index contributed by atoms with van der Waals surface area (Å²) in [7, 11) is -3.57. The first-order valence-corrected chi connectivity index (χ1v) is 16.3. The number of aromatic nitrogens is 4. The van der Waals surface area contributed by atoms with Crippen molar-refractivity contribution in [2.45, 2.75) is 18.9 Å². The number of esters is 1. The molecule has 0 radical (unpaired) electrons. The lowest BCUT2D eigenvalue weighted by molar-refractivity contribution is 0.0734. The molecule has 1 aliphatic rings. The minimum Gasteiger partial charge on any atom is -0.755 e. The Morgan fingerprint density at radius 2 is 1.88 bits per heavy atom. The second-order valence-corrected chi connectivity index (χ2v) is 13.0. The van der Waals surface area contributed by atoms with Gasteiger partial charge in [0.2, 0.25) is 5.95 Å². The molecular weight excluding hydrogens is 592 g/mol. The molecule has 0 amide bonds. The molecule has 2 atom stereocenters. The summed E-state index contributed by atoms with van der Waals surface area (Å²) in [6, 6.07) is 20.6. The number of nitrogens with one attached hydrogen (secondary N) is 1. The molecule has 2 unspecified atom stereocenters. The van der Waals surface area contributed by atoms with Crippen LogP contribution < -0.4 is 14.4 Å². The van der Waals surface area contributed by atoms with E-state index < -0.39 is 32.9 Å². The summed E-state index contributed by atoms with van der Waals surface area (Å²) in [5.41, 5.74) is 4.04. The number of fused-ring (bicyclic) bond motifs is 2. The van der Waals surface area contributed by atoms with Gasteiger partial charge in [0.1, 0.15) is 11.6 Å². The maximum absolute atomic E-state index is 12.5. The van der Waals surface area contributed by atoms with Crippen LogP contribution in [-0.4, -0.2) is 55.0 Å². The van der Waals surface area contributed by atoms with Gasteiger partial charge in [0, 0.05) is 35.1 Å². The van der Waals surface area contributed by atoms with Crippen molar-refractivity contribution in [3.63, 3.8) is 0 Å². The van der Waals surface area contributed by atoms with E-state index in [1.54, 1.807) is 54.9 Å². The van der Waals surface area contributed by atoms with Crippen molar-refractivity contribution in [3.05, 3.63) is 102 Å². The molecule has 43 heavy (non-hydrogen) atoms. The molecule has 0 fully saturated rings. The van der Waals surface area contributed by atoms with E-state index in [9.17, 15) is 22.0 Å². The minimum atomic E-state index is -3.57. The third-order valence-corrected chi connectivity index (χ3v) is 8.54. The zero-order chi connectivity index (χ0) is 30.1. The Balaban J connectivity index is 1.20. The number of sulfone groups is 1. The number of carbonyl (C=O) groups excluding carboxylic acids is 1. The minimum absolute atomic E-state index is 0.0674. The lowest BCUT2D eigenvalue weighted by Crippen LogP contribution is -2.30. The Kier molecular flexibility index (Phi) is 7.64. The number of anilines is 3. The van der Waals surface area contributed by atoms with Gasteiger partial charge in [-0.05, 0) is 72.5 Å². The number of hydrogen-bond acceptors (Lipinski definition) is 10. The third kappa shape index (κ3) is 6.26. The lowest BCUT2D eigenvalue weighted by Gasteiger charge is -2.25. The fraction of sp³-hybridized carbons (Fsp3) is 0.172. The molecule has 0 spiro atoms. The van der Waals surface area contributed by atoms with Gasteiger partial charge in [0.25, 0.3) is 0 Å². The Morgan fingerprint density at radius 3 is 2.60 bits per heavy atom. The van der Waals surface area contributed by atoms with Crippen LogP contribution in [-0.2, 0) is 27.5 Å². The van der Waals surface area contributed by atoms with Gasteiger partial charge < -0.3 is 14.6 Å². The normalized spacial score (nSPS) is 15.2. The van der Waals surface area contributed by atoms with Crippen LogP contribution in [0.4, 0.5) is 17.3 Å². The van der Waals surface area contributed by atoms with E-state index in [1.165, 1.54) is 12.1 Å². The fourth-order valence-corrected chi connectivity index (χ4v) is 6.80. The Labute approximate surface area is 249 Å². The van der Waals surface area contributed by atoms with Crippen LogP contribution in [0, 0.1) is 0 Å². The summed E-state index contributed by atoms with van der Waals surface area (Å²) in [6.45, 7) is 0. The van der Waals surface area contributed by atoms with Gasteiger partial charge in [-0.25, -0.2) is 22.9 Å². The van der Waals surface area contributed by atoms with Gasteiger partial charge in [-0.15, -0.1) is 0 Å². The van der Waals surface area contributed by atoms with Gasteiger partial charge in [-0.1, -0.05) is 24.3 Å². The van der Waals surface area contributed by atoms with Crippen LogP contribution in [0.5, 0.6) is 5.75 Å². The van der Waals surface area contributed by atoms with Gasteiger partial charge in [0.05, 0.1) is 23.2 Å². The largest absolute Gasteiger partial charge is 0.755 e. The van der Waals surface area contributed by atoms with E-state index >= 15 is 0 Å². The zero-order valence-corrected chi connectivity index (χ0v) is 24.4. The summed E-state index contributed by atoms with van der Waals surface area (Å²) in [4.78, 5) is 21.6. The van der Waals surface area contributed by atoms with Gasteiger partial charge in [-0.3, -0.25) is 8.51 Å². The average Bonchev–Trinajstić information content (AvgIpc) is 3.59. The SMILES string of the molecule is CS(=O)(=O)CN(c1ccc(Nc2ncc3cnn(C4CCc5cc(OC(=O)c6ccccc6)ccc54)c3n2)cc1)S(=O)[O-]. The van der Waals surface area contributed by atoms with E-state index in [0.29, 0.717) is 28.6 Å². The van der Waals surface area contributed by atoms with E-state index in [-0.39, 0.29) is 11.7 Å². The second-order valence-electron chi connectivity index (χ2n) is 10.1. The number of hydrogen-bond donors (Lipinski definition) is 1. The highest BCUT2D eigenvalue weighted by molar-refractivity contribution is 7.92. The number of ether oxygens (including phenoxy) is 1. The standard InChI is InChI=1S/C29H26N6O6S2/c1-43(39,40)18-34(42(37)38)23-10-8-22(9-11-23)32-29-30-16-21-17-31-35(27(21)33-29)26-14-7-20-15-24(12-13-25(20)26)41-28(36)19-5-3-2-4-6-19/h2-6,8-13,15-17,26H,7,14,18H2,1H3,(H,37,38)(H,30,32,33)/p-1. The molecule has 3 aromatic carbocycles. The quantitative estimate of drug-likeness (QED) is 0.146. The zero-order valence-electron chi connectivity index (χ0n) is 22.8. The predicted octanol–water partition coefficient (Wildman–Crippen LogP) is 3.93. The molecule has 6 rings (SSSR count). The number of nitrogens with zero attached hydrogens (tertiary/aromatic N) is 5. The summed E-state index contributed by atoms with van der Waals surface area (Å²) < 4.78 is 54.7. The Morgan fingerprint density at radius 1 is 1.12 bits per heavy atom. The van der Waals surface area contributed by atoms with Crippen LogP contribution in [0.25, 0.3) is 11.0 Å². The first-order chi connectivity index (χ1) is 20.6. The second kappa shape index (κ2) is 11.6. The van der Waals surface area contributed by atoms with Crippen molar-refractivity contribution in [2.75, 3.05) is 21.8 Å². The molecule has 14 heteroatoms. The summed E-state index contributed by atoms with van der Waals surface area (Å²) in [5, 5.41) is 8.46. The summed E-state index contributed by atoms with van der Waals surface area (Å²) >= 11 is -2.76. The van der Waals surface area contributed by atoms with Crippen LogP contribution in [0.15, 0.2) is 85.2 Å². The topological polar surface area (TPSA) is 159 Å². The van der Waals surface area contributed by atoms with Gasteiger partial charge in [-0.2, -0.15) is 10.1 Å². The Bertz CT molecular complexity index is 1950. The van der Waals surface area contributed by atoms with Crippen LogP contribution >= 0.6 is 0 Å². The Hall–Kier alpha value is -4.66. The highest BCUT2D eigenvalue weighted by Gasteiger charge is 2.27. The maximum atomic E-state index is 12.5. The number of rotatable bonds is 9. The number of aryl methyl sites for hydroxylation is 1. The molecule has 2 aromatic heterocycles. The smallest absolute Gasteiger partial charge is 0.343 e. The van der Waals surface area contributed by atoms with Gasteiger partial charge in [0.15, 0.2) is 15.5 Å². The van der Waals surface area contributed by atoms with Gasteiger partial charge >= 0.3 is 5.97 Å². The molecule has 220 valence electrons. The van der Waals surface area contributed by atoms with E-state index in [4.69, 9.17) is 9.72 Å². The highest BCUT2D eigenvalue weighted by Crippen LogP contribution is 2.37. The van der Waals surface area contributed by atoms with Crippen LogP contribution in [0.3, 0.4) is 0 Å². The molecule has 12 nitrogen and oxygen atoms in total. The van der Waals surface area contributed by atoms with Crippen molar-refractivity contribution >= 4 is 55.4 Å². The molecule has 0 saturated heterocycles. The molecule has 0 bridgehead atoms. The van der Waals surface area contributed by atoms with Crippen molar-refractivity contribution in [2.24, 2.45) is 0 Å². The van der Waals surface area contributed by atoms with Crippen molar-refractivity contribution in [1.29, 1.82) is 0 Å². The number of benzene rings is 3. The molecule has 1 aliphatic carbocycles. The van der Waals surface area contributed by atoms with Crippen LogP contribution in [0.1, 0.15) is 33.9 Å². The lowest BCUT2D eigenvalue weighted by atomic mass is 10.1. The third-order valence-electron chi connectivity index (χ3n) is 6.95. The molecular formula is C29H25N6O6S2-. The highest BCUT2D eigenvalue weighted by atomic mass is 32.2. The fourth-order valence-electron chi connectivity index (χ4n) is 5.01. The predicted molar refractivity (Wildman–Crippen MR) is 160 cm³/mol.